The highest BCUT2D eigenvalue weighted by Gasteiger charge is 2.65. The summed E-state index contributed by atoms with van der Waals surface area (Å²) in [5, 5.41) is 27.1. The second kappa shape index (κ2) is 21.3. The normalized spacial score (nSPS) is 25.4. The minimum absolute atomic E-state index is 0.0837. The van der Waals surface area contributed by atoms with Gasteiger partial charge in [0.2, 0.25) is 12.1 Å². The van der Waals surface area contributed by atoms with E-state index in [1.165, 1.54) is 0 Å². The molecule has 1 saturated carbocycles. The number of carbonyl (C=O) groups excluding carboxylic acids is 1. The highest BCUT2D eigenvalue weighted by atomic mass is 16.8. The molecule has 1 aromatic heterocycles. The molecule has 3 heterocycles. The van der Waals surface area contributed by atoms with E-state index in [0.29, 0.717) is 62.5 Å². The molecule has 4 aromatic rings. The third-order valence-corrected chi connectivity index (χ3v) is 13.5. The van der Waals surface area contributed by atoms with Crippen molar-refractivity contribution in [3.8, 4) is 11.5 Å². The highest BCUT2D eigenvalue weighted by Crippen LogP contribution is 2.62. The maximum atomic E-state index is 15.3. The molecular formula is C53H65N3O8. The van der Waals surface area contributed by atoms with Crippen molar-refractivity contribution in [2.45, 2.75) is 115 Å². The zero-order valence-electron chi connectivity index (χ0n) is 37.5. The fraction of sp³-hybridized carbons (Fsp3) is 0.491. The lowest BCUT2D eigenvalue weighted by atomic mass is 9.55. The number of amides is 1. The molecule has 8 rings (SSSR count). The fourth-order valence-corrected chi connectivity index (χ4v) is 10.6. The van der Waals surface area contributed by atoms with Crippen molar-refractivity contribution in [3.05, 3.63) is 126 Å². The van der Waals surface area contributed by atoms with Crippen LogP contribution in [0.3, 0.4) is 0 Å². The van der Waals surface area contributed by atoms with E-state index in [4.69, 9.17) is 28.9 Å². The zero-order chi connectivity index (χ0) is 44.5. The quantitative estimate of drug-likeness (QED) is 0.0506. The number of aryl methyl sites for hydroxylation is 1. The number of oxime groups is 1. The summed E-state index contributed by atoms with van der Waals surface area (Å²) in [6, 6.07) is 25.4. The number of fused-ring (bicyclic) bond motifs is 3. The lowest BCUT2D eigenvalue weighted by Gasteiger charge is -2.60. The molecule has 7 atom stereocenters. The van der Waals surface area contributed by atoms with Crippen LogP contribution in [0.1, 0.15) is 111 Å². The van der Waals surface area contributed by atoms with Crippen LogP contribution in [0.15, 0.2) is 108 Å². The number of aliphatic hydroxyl groups is 2. The molecule has 0 spiro atoms. The summed E-state index contributed by atoms with van der Waals surface area (Å²) in [7, 11) is 0. The predicted molar refractivity (Wildman–Crippen MR) is 248 cm³/mol. The first-order chi connectivity index (χ1) is 31.4. The Bertz CT molecular complexity index is 2290. The number of benzene rings is 3. The Morgan fingerprint density at radius 2 is 1.81 bits per heavy atom. The van der Waals surface area contributed by atoms with Gasteiger partial charge >= 0.3 is 0 Å². The molecule has 2 aliphatic carbocycles. The molecular weight excluding hydrogens is 807 g/mol. The van der Waals surface area contributed by atoms with Gasteiger partial charge < -0.3 is 38.9 Å². The number of allylic oxidation sites excluding steroid dienone is 1. The van der Waals surface area contributed by atoms with Crippen molar-refractivity contribution >= 4 is 22.4 Å². The van der Waals surface area contributed by atoms with Gasteiger partial charge in [-0.05, 0) is 123 Å². The molecule has 0 radical (unpaired) electrons. The maximum Gasteiger partial charge on any atom is 0.254 e. The Labute approximate surface area is 378 Å². The second-order valence-corrected chi connectivity index (χ2v) is 17.8. The molecule has 4 aliphatic rings. The van der Waals surface area contributed by atoms with E-state index < -0.39 is 24.0 Å². The molecule has 1 unspecified atom stereocenters. The molecule has 11 nitrogen and oxygen atoms in total. The van der Waals surface area contributed by atoms with Gasteiger partial charge in [0.05, 0.1) is 30.5 Å². The van der Waals surface area contributed by atoms with E-state index in [1.54, 1.807) is 6.08 Å². The van der Waals surface area contributed by atoms with E-state index in [9.17, 15) is 10.2 Å². The van der Waals surface area contributed by atoms with Gasteiger partial charge in [-0.2, -0.15) is 0 Å². The molecule has 1 amide bonds. The van der Waals surface area contributed by atoms with Crippen LogP contribution in [-0.4, -0.2) is 82.8 Å². The number of carbonyl (C=O) groups is 1. The van der Waals surface area contributed by atoms with Crippen LogP contribution in [0.25, 0.3) is 10.8 Å². The van der Waals surface area contributed by atoms with Crippen LogP contribution in [0.4, 0.5) is 0 Å². The number of aromatic nitrogens is 1. The molecule has 64 heavy (non-hydrogen) atoms. The maximum absolute atomic E-state index is 15.3. The summed E-state index contributed by atoms with van der Waals surface area (Å²) >= 11 is 0. The lowest BCUT2D eigenvalue weighted by Crippen LogP contribution is -2.70. The van der Waals surface area contributed by atoms with Gasteiger partial charge in [0.1, 0.15) is 24.1 Å². The molecule has 0 bridgehead atoms. The van der Waals surface area contributed by atoms with Crippen molar-refractivity contribution in [3.63, 3.8) is 0 Å². The van der Waals surface area contributed by atoms with E-state index in [1.807, 2.05) is 78.6 Å². The largest absolute Gasteiger partial charge is 0.487 e. The highest BCUT2D eigenvalue weighted by molar-refractivity contribution is 6.04. The molecule has 11 heteroatoms. The minimum atomic E-state index is -1.36. The van der Waals surface area contributed by atoms with Gasteiger partial charge in [0.25, 0.3) is 5.91 Å². The van der Waals surface area contributed by atoms with E-state index in [2.05, 4.69) is 36.7 Å². The Morgan fingerprint density at radius 3 is 2.58 bits per heavy atom. The van der Waals surface area contributed by atoms with Crippen LogP contribution in [0.5, 0.6) is 11.5 Å². The molecule has 2 fully saturated rings. The Kier molecular flexibility index (Phi) is 15.1. The lowest BCUT2D eigenvalue weighted by molar-refractivity contribution is -0.254. The second-order valence-electron chi connectivity index (χ2n) is 17.8. The summed E-state index contributed by atoms with van der Waals surface area (Å²) in [4.78, 5) is 28.3. The number of ether oxygens (including phenoxy) is 4. The van der Waals surface area contributed by atoms with Gasteiger partial charge in [-0.15, -0.1) is 6.58 Å². The van der Waals surface area contributed by atoms with Crippen molar-refractivity contribution in [1.29, 1.82) is 0 Å². The van der Waals surface area contributed by atoms with Crippen molar-refractivity contribution < 1.29 is 38.8 Å². The van der Waals surface area contributed by atoms with E-state index in [-0.39, 0.29) is 43.5 Å². The molecule has 2 aliphatic heterocycles. The average Bonchev–Trinajstić information content (AvgIpc) is 3.32. The minimum Gasteiger partial charge on any atom is -0.487 e. The summed E-state index contributed by atoms with van der Waals surface area (Å²) in [6.07, 6.45) is 12.1. The number of hydrogen-bond acceptors (Lipinski definition) is 10. The number of unbranched alkanes of at least 4 members (excludes halogenated alkanes) is 2. The average molecular weight is 872 g/mol. The standard InChI is InChI=1S/C53H65N3O8/c1-4-26-56(52(59)40-23-22-37-16-6-7-17-38(37)31-40)48-34-46(55-64-49-21-10-13-30-60-49)44-32-39(18-8-11-27-57)43(20-9-12-28-58)50-45-33-42(61-35-41-19-14-15-36(3)54-41)24-25-47(45)63-53(48,51(44)50)62-29-5-2/h5-7,14-17,19,22-25,31-33,39,43,48-51,57-58H,2,4,8-13,18,20-21,26-30,34-35H2,1,3H3/t39-,43+,48-,49?,50+,51+,53+/m0/s1. The van der Waals surface area contributed by atoms with Gasteiger partial charge in [-0.25, -0.2) is 0 Å². The van der Waals surface area contributed by atoms with Crippen LogP contribution in [0.2, 0.25) is 0 Å². The molecule has 340 valence electrons. The van der Waals surface area contributed by atoms with Crippen LogP contribution in [-0.2, 0) is 20.9 Å². The molecule has 2 N–H and O–H groups in total. The summed E-state index contributed by atoms with van der Waals surface area (Å²) in [5.41, 5.74) is 5.10. The van der Waals surface area contributed by atoms with Crippen LogP contribution < -0.4 is 9.47 Å². The molecule has 3 aromatic carbocycles. The predicted octanol–water partition coefficient (Wildman–Crippen LogP) is 9.83. The van der Waals surface area contributed by atoms with Crippen LogP contribution in [0, 0.1) is 24.7 Å². The van der Waals surface area contributed by atoms with Gasteiger partial charge in [-0.3, -0.25) is 9.78 Å². The molecule has 1 saturated heterocycles. The Balaban J connectivity index is 1.31. The number of nitrogens with zero attached hydrogens (tertiary/aromatic N) is 3. The van der Waals surface area contributed by atoms with E-state index >= 15 is 4.79 Å². The topological polar surface area (TPSA) is 132 Å². The van der Waals surface area contributed by atoms with Crippen molar-refractivity contribution in [2.75, 3.05) is 33.0 Å². The fourth-order valence-electron chi connectivity index (χ4n) is 10.6. The first-order valence-corrected chi connectivity index (χ1v) is 23.6. The number of pyridine rings is 1. The first kappa shape index (κ1) is 45.5. The monoisotopic (exact) mass is 871 g/mol. The SMILES string of the molecule is C=CCO[C@@]12Oc3ccc(OCc4cccc(C)n4)cc3[C@H]3[C@H](CCCCO)[C@@H](CCCCO)C=C(C(=NOC4CCCCO4)C[C@@H]1N(CCC)C(=O)c1ccc4ccccc4c1)[C@H]32. The van der Waals surface area contributed by atoms with Gasteiger partial charge in [0.15, 0.2) is 0 Å². The zero-order valence-corrected chi connectivity index (χ0v) is 37.5. The summed E-state index contributed by atoms with van der Waals surface area (Å²) in [5.74, 6) is -0.516. The Hall–Kier alpha value is -5.07. The van der Waals surface area contributed by atoms with E-state index in [0.717, 1.165) is 84.0 Å². The number of hydrogen-bond donors (Lipinski definition) is 2. The smallest absolute Gasteiger partial charge is 0.254 e. The van der Waals surface area contributed by atoms with Gasteiger partial charge in [-0.1, -0.05) is 73.5 Å². The Morgan fingerprint density at radius 1 is 0.984 bits per heavy atom. The van der Waals surface area contributed by atoms with Crippen LogP contribution >= 0.6 is 0 Å². The number of rotatable bonds is 20. The van der Waals surface area contributed by atoms with Crippen molar-refractivity contribution in [1.82, 2.24) is 9.88 Å². The number of aliphatic hydroxyl groups excluding tert-OH is 2. The van der Waals surface area contributed by atoms with Crippen molar-refractivity contribution in [2.24, 2.45) is 22.9 Å². The first-order valence-electron chi connectivity index (χ1n) is 23.6. The summed E-state index contributed by atoms with van der Waals surface area (Å²) < 4.78 is 27.2. The summed E-state index contributed by atoms with van der Waals surface area (Å²) in [6.45, 7) is 9.94. The third kappa shape index (κ3) is 9.78. The third-order valence-electron chi connectivity index (χ3n) is 13.5. The van der Waals surface area contributed by atoms with Gasteiger partial charge in [0, 0.05) is 55.3 Å².